The second-order valence-corrected chi connectivity index (χ2v) is 11.4. The fraction of sp³-hybridized carbons (Fsp3) is 0.323. The van der Waals surface area contributed by atoms with Crippen molar-refractivity contribution >= 4 is 44.7 Å². The van der Waals surface area contributed by atoms with Gasteiger partial charge in [-0.25, -0.2) is 9.59 Å². The van der Waals surface area contributed by atoms with Gasteiger partial charge in [-0.2, -0.15) is 0 Å². The van der Waals surface area contributed by atoms with Crippen molar-refractivity contribution in [2.45, 2.75) is 65.3 Å². The van der Waals surface area contributed by atoms with Crippen molar-refractivity contribution in [1.82, 2.24) is 10.3 Å². The maximum atomic E-state index is 13.0. The highest BCUT2D eigenvalue weighted by Crippen LogP contribution is 2.37. The summed E-state index contributed by atoms with van der Waals surface area (Å²) >= 11 is 0. The summed E-state index contributed by atoms with van der Waals surface area (Å²) in [7, 11) is 0. The second-order valence-electron chi connectivity index (χ2n) is 11.4. The number of phenolic OH excluding ortho intramolecular Hbond substituents is 1. The number of carbonyl (C=O) groups excluding carboxylic acids is 1. The number of aryl methyl sites for hydroxylation is 2. The number of aromatic amines is 1. The van der Waals surface area contributed by atoms with Crippen molar-refractivity contribution in [3.63, 3.8) is 0 Å². The predicted octanol–water partition coefficient (Wildman–Crippen LogP) is 5.39. The zero-order valence-electron chi connectivity index (χ0n) is 23.1. The molecule has 40 heavy (non-hydrogen) atoms. The third-order valence-corrected chi connectivity index (χ3v) is 7.56. The minimum atomic E-state index is -1.18. The summed E-state index contributed by atoms with van der Waals surface area (Å²) in [4.78, 5) is 40.8. The summed E-state index contributed by atoms with van der Waals surface area (Å²) in [5.41, 5.74) is 4.73. The molecule has 0 unspecified atom stereocenters. The lowest BCUT2D eigenvalue weighted by Gasteiger charge is -2.17. The lowest BCUT2D eigenvalue weighted by atomic mass is 9.86. The molecule has 1 atom stereocenters. The van der Waals surface area contributed by atoms with Gasteiger partial charge in [-0.15, -0.1) is 0 Å². The average molecular weight is 545 g/mol. The normalized spacial score (nSPS) is 12.8. The van der Waals surface area contributed by atoms with E-state index in [2.05, 4.69) is 31.1 Å². The van der Waals surface area contributed by atoms with Crippen molar-refractivity contribution in [2.75, 3.05) is 0 Å². The number of aromatic nitrogens is 1. The number of hydrogen-bond acceptors (Lipinski definition) is 6. The SMILES string of the molecule is Cc1c(CCC(=O)N[C@H](Cc2c[nH]c3ccc(O)cc23)C(=O)O)c(=O)oc2c(C)c3occ(C(C)(C)C)c3cc12. The monoisotopic (exact) mass is 544 g/mol. The molecule has 0 aliphatic rings. The molecule has 1 amide bonds. The Bertz CT molecular complexity index is 1850. The molecule has 3 aromatic heterocycles. The van der Waals surface area contributed by atoms with Crippen LogP contribution in [0.25, 0.3) is 32.8 Å². The standard InChI is InChI=1S/C31H32N2O7/c1-15-19(30(38)40-28-16(2)27-22(12-20(15)28)23(14-39-27)31(3,4)5)7-9-26(35)33-25(29(36)37)10-17-13-32-24-8-6-18(34)11-21(17)24/h6,8,11-14,25,32,34H,7,9-10H2,1-5H3,(H,33,35)(H,36,37)/t25-/m1/s1. The highest BCUT2D eigenvalue weighted by Gasteiger charge is 2.25. The molecule has 0 aliphatic heterocycles. The van der Waals surface area contributed by atoms with Crippen molar-refractivity contribution in [3.05, 3.63) is 75.0 Å². The maximum absolute atomic E-state index is 13.0. The van der Waals surface area contributed by atoms with Crippen LogP contribution >= 0.6 is 0 Å². The van der Waals surface area contributed by atoms with Gasteiger partial charge in [0.1, 0.15) is 23.0 Å². The first-order chi connectivity index (χ1) is 18.8. The van der Waals surface area contributed by atoms with Crippen LogP contribution in [0.1, 0.15) is 55.0 Å². The number of nitrogens with one attached hydrogen (secondary N) is 2. The van der Waals surface area contributed by atoms with Crippen molar-refractivity contribution < 1.29 is 28.6 Å². The van der Waals surface area contributed by atoms with Gasteiger partial charge < -0.3 is 29.3 Å². The summed E-state index contributed by atoms with van der Waals surface area (Å²) in [6.45, 7) is 10.0. The van der Waals surface area contributed by atoms with Crippen LogP contribution in [0, 0.1) is 13.8 Å². The molecule has 5 rings (SSSR count). The van der Waals surface area contributed by atoms with E-state index in [1.54, 1.807) is 24.6 Å². The molecule has 0 saturated heterocycles. The molecular formula is C31H32N2O7. The van der Waals surface area contributed by atoms with E-state index in [1.807, 2.05) is 19.9 Å². The van der Waals surface area contributed by atoms with E-state index in [0.29, 0.717) is 27.7 Å². The molecule has 0 bridgehead atoms. The molecule has 4 N–H and O–H groups in total. The number of furan rings is 1. The summed E-state index contributed by atoms with van der Waals surface area (Å²) < 4.78 is 11.6. The van der Waals surface area contributed by atoms with E-state index < -0.39 is 23.5 Å². The van der Waals surface area contributed by atoms with Gasteiger partial charge in [-0.3, -0.25) is 4.79 Å². The maximum Gasteiger partial charge on any atom is 0.339 e. The number of H-pyrrole nitrogens is 1. The Hall–Kier alpha value is -4.53. The van der Waals surface area contributed by atoms with Crippen LogP contribution in [0.5, 0.6) is 5.75 Å². The number of carboxylic acid groups (broad SMARTS) is 1. The quantitative estimate of drug-likeness (QED) is 0.201. The molecule has 0 spiro atoms. The average Bonchev–Trinajstić information content (AvgIpc) is 3.48. The van der Waals surface area contributed by atoms with Gasteiger partial charge >= 0.3 is 11.6 Å². The van der Waals surface area contributed by atoms with Crippen molar-refractivity contribution in [2.24, 2.45) is 0 Å². The van der Waals surface area contributed by atoms with Crippen LogP contribution in [0.4, 0.5) is 0 Å². The highest BCUT2D eigenvalue weighted by atomic mass is 16.4. The smallest absolute Gasteiger partial charge is 0.339 e. The molecule has 2 aromatic carbocycles. The van der Waals surface area contributed by atoms with E-state index in [-0.39, 0.29) is 30.4 Å². The van der Waals surface area contributed by atoms with Gasteiger partial charge in [0.05, 0.1) is 6.26 Å². The van der Waals surface area contributed by atoms with Crippen LogP contribution in [-0.2, 0) is 27.8 Å². The lowest BCUT2D eigenvalue weighted by molar-refractivity contribution is -0.141. The number of hydrogen-bond donors (Lipinski definition) is 4. The molecule has 0 fully saturated rings. The van der Waals surface area contributed by atoms with Gasteiger partial charge in [-0.05, 0) is 61.1 Å². The third kappa shape index (κ3) is 4.83. The molecule has 0 saturated carbocycles. The molecule has 5 aromatic rings. The van der Waals surface area contributed by atoms with Crippen LogP contribution in [0.15, 0.2) is 50.4 Å². The summed E-state index contributed by atoms with van der Waals surface area (Å²) in [5.74, 6) is -1.61. The summed E-state index contributed by atoms with van der Waals surface area (Å²) in [6, 6.07) is 5.57. The number of benzene rings is 2. The minimum Gasteiger partial charge on any atom is -0.508 e. The zero-order chi connectivity index (χ0) is 28.9. The molecule has 0 radical (unpaired) electrons. The Kier molecular flexibility index (Phi) is 6.69. The molecule has 9 nitrogen and oxygen atoms in total. The second kappa shape index (κ2) is 9.89. The first kappa shape index (κ1) is 27.1. The van der Waals surface area contributed by atoms with Gasteiger partial charge in [0.25, 0.3) is 0 Å². The molecule has 208 valence electrons. The topological polar surface area (TPSA) is 146 Å². The Morgan fingerprint density at radius 3 is 2.50 bits per heavy atom. The number of amides is 1. The molecule has 9 heteroatoms. The lowest BCUT2D eigenvalue weighted by Crippen LogP contribution is -2.42. The predicted molar refractivity (Wildman–Crippen MR) is 152 cm³/mol. The molecule has 3 heterocycles. The van der Waals surface area contributed by atoms with Crippen LogP contribution < -0.4 is 10.9 Å². The summed E-state index contributed by atoms with van der Waals surface area (Å²) in [5, 5.41) is 24.6. The third-order valence-electron chi connectivity index (χ3n) is 7.56. The van der Waals surface area contributed by atoms with Gasteiger partial charge in [0.2, 0.25) is 5.91 Å². The van der Waals surface area contributed by atoms with E-state index in [4.69, 9.17) is 8.83 Å². The first-order valence-corrected chi connectivity index (χ1v) is 13.1. The number of aromatic hydroxyl groups is 1. The van der Waals surface area contributed by atoms with Crippen molar-refractivity contribution in [1.29, 1.82) is 0 Å². The first-order valence-electron chi connectivity index (χ1n) is 13.1. The highest BCUT2D eigenvalue weighted by molar-refractivity contribution is 6.00. The minimum absolute atomic E-state index is 0.0255. The van der Waals surface area contributed by atoms with Crippen LogP contribution in [-0.4, -0.2) is 33.1 Å². The number of rotatable bonds is 7. The van der Waals surface area contributed by atoms with Gasteiger partial charge in [0.15, 0.2) is 0 Å². The zero-order valence-corrected chi connectivity index (χ0v) is 23.1. The van der Waals surface area contributed by atoms with E-state index in [1.165, 1.54) is 6.07 Å². The molecule has 0 aliphatic carbocycles. The number of carbonyl (C=O) groups is 2. The van der Waals surface area contributed by atoms with Gasteiger partial charge in [0, 0.05) is 57.4 Å². The summed E-state index contributed by atoms with van der Waals surface area (Å²) in [6.07, 6.45) is 3.44. The van der Waals surface area contributed by atoms with E-state index >= 15 is 0 Å². The van der Waals surface area contributed by atoms with Crippen molar-refractivity contribution in [3.8, 4) is 5.75 Å². The Labute approximate surface area is 229 Å². The fourth-order valence-corrected chi connectivity index (χ4v) is 5.33. The number of carboxylic acids is 1. The fourth-order valence-electron chi connectivity index (χ4n) is 5.33. The number of aliphatic carboxylic acids is 1. The number of phenols is 1. The largest absolute Gasteiger partial charge is 0.508 e. The van der Waals surface area contributed by atoms with E-state index in [0.717, 1.165) is 33.0 Å². The Morgan fingerprint density at radius 2 is 1.80 bits per heavy atom. The molecular weight excluding hydrogens is 512 g/mol. The van der Waals surface area contributed by atoms with Crippen LogP contribution in [0.3, 0.4) is 0 Å². The van der Waals surface area contributed by atoms with E-state index in [9.17, 15) is 24.6 Å². The Balaban J connectivity index is 1.38. The number of fused-ring (bicyclic) bond motifs is 3. The van der Waals surface area contributed by atoms with Gasteiger partial charge in [-0.1, -0.05) is 20.8 Å². The van der Waals surface area contributed by atoms with Crippen LogP contribution in [0.2, 0.25) is 0 Å². The Morgan fingerprint density at radius 1 is 1.05 bits per heavy atom.